The molecule has 11 heteroatoms. The predicted octanol–water partition coefficient (Wildman–Crippen LogP) is 6.00. The summed E-state index contributed by atoms with van der Waals surface area (Å²) in [5.41, 5.74) is -10.9. The molecule has 0 radical (unpaired) electrons. The molecule has 1 aromatic carbocycles. The van der Waals surface area contributed by atoms with Crippen LogP contribution in [0.1, 0.15) is 37.3 Å². The summed E-state index contributed by atoms with van der Waals surface area (Å²) in [6, 6.07) is 3.86. The number of aryl methyl sites for hydroxylation is 1. The van der Waals surface area contributed by atoms with Gasteiger partial charge in [-0.25, -0.2) is 0 Å². The zero-order valence-corrected chi connectivity index (χ0v) is 15.4. The number of halogens is 6. The van der Waals surface area contributed by atoms with Crippen LogP contribution in [0.2, 0.25) is 0 Å². The number of hydrogen-bond acceptors (Lipinski definition) is 3. The summed E-state index contributed by atoms with van der Waals surface area (Å²) in [6.45, 7) is 3.16. The van der Waals surface area contributed by atoms with Crippen molar-refractivity contribution in [1.29, 1.82) is 0 Å². The van der Waals surface area contributed by atoms with Crippen LogP contribution in [-0.4, -0.2) is 19.4 Å². The van der Waals surface area contributed by atoms with Gasteiger partial charge in [-0.3, -0.25) is 0 Å². The Balaban J connectivity index is 2.76. The van der Waals surface area contributed by atoms with Gasteiger partial charge in [-0.2, -0.15) is 38.4 Å². The van der Waals surface area contributed by atoms with Gasteiger partial charge in [-0.15, -0.1) is 0 Å². The van der Waals surface area contributed by atoms with Gasteiger partial charge in [0.25, 0.3) is 0 Å². The number of allylic oxidation sites excluding steroid dienone is 1. The Kier molecular flexibility index (Phi) is 5.48. The molecule has 0 aliphatic carbocycles. The van der Waals surface area contributed by atoms with Crippen LogP contribution in [0.4, 0.5) is 26.3 Å². The van der Waals surface area contributed by atoms with E-state index in [1.165, 1.54) is 19.1 Å². The highest BCUT2D eigenvalue weighted by atomic mass is 32.3. The number of fused-ring (bicyclic) bond motifs is 1. The van der Waals surface area contributed by atoms with Crippen LogP contribution >= 0.6 is 10.3 Å². The number of benzene rings is 1. The molecule has 1 aliphatic heterocycles. The van der Waals surface area contributed by atoms with E-state index in [2.05, 4.69) is 3.63 Å². The molecule has 0 aromatic heterocycles. The summed E-state index contributed by atoms with van der Waals surface area (Å²) in [6.07, 6.45) is 1.61. The topological polar surface area (TPSA) is 43.4 Å². The van der Waals surface area contributed by atoms with Gasteiger partial charge in [0.1, 0.15) is 0 Å². The molecule has 1 aliphatic rings. The third kappa shape index (κ3) is 3.48. The van der Waals surface area contributed by atoms with Crippen LogP contribution in [0.15, 0.2) is 28.0 Å². The summed E-state index contributed by atoms with van der Waals surface area (Å²) >= 11 is 0. The predicted molar refractivity (Wildman–Crippen MR) is 86.7 cm³/mol. The van der Waals surface area contributed by atoms with Crippen molar-refractivity contribution in [2.24, 2.45) is 0 Å². The molecule has 1 aromatic rings. The zero-order valence-electron chi connectivity index (χ0n) is 13.7. The fourth-order valence-electron chi connectivity index (χ4n) is 2.54. The van der Waals surface area contributed by atoms with Crippen LogP contribution in [0, 0.1) is 6.92 Å². The Morgan fingerprint density at radius 1 is 1.12 bits per heavy atom. The van der Waals surface area contributed by atoms with Crippen LogP contribution in [0.25, 0.3) is 6.08 Å². The quantitative estimate of drug-likeness (QED) is 0.432. The Morgan fingerprint density at radius 3 is 2.23 bits per heavy atom. The molecular formula is C15H16F6O3S2. The van der Waals surface area contributed by atoms with Gasteiger partial charge >= 0.3 is 21.1 Å². The largest absolute Gasteiger partial charge is 0.523 e. The monoisotopic (exact) mass is 422 g/mol. The van der Waals surface area contributed by atoms with Crippen LogP contribution in [0.5, 0.6) is 0 Å². The van der Waals surface area contributed by atoms with E-state index in [4.69, 9.17) is 0 Å². The Bertz CT molecular complexity index is 827. The molecule has 0 fully saturated rings. The molecule has 1 atom stereocenters. The van der Waals surface area contributed by atoms with Crippen molar-refractivity contribution in [3.05, 3.63) is 34.2 Å². The minimum Gasteiger partial charge on any atom is -0.196 e. The van der Waals surface area contributed by atoms with E-state index in [1.54, 1.807) is 6.92 Å². The van der Waals surface area contributed by atoms with E-state index in [0.717, 1.165) is 12.1 Å². The first kappa shape index (κ1) is 21.1. The normalized spacial score (nSPS) is 23.3. The molecule has 26 heavy (non-hydrogen) atoms. The molecule has 0 bridgehead atoms. The van der Waals surface area contributed by atoms with E-state index < -0.39 is 41.2 Å². The van der Waals surface area contributed by atoms with Crippen LogP contribution < -0.4 is 0 Å². The second kappa shape index (κ2) is 6.75. The van der Waals surface area contributed by atoms with E-state index >= 15 is 0 Å². The summed E-state index contributed by atoms with van der Waals surface area (Å²) in [5.74, 6) is 0. The lowest BCUT2D eigenvalue weighted by Gasteiger charge is -2.39. The highest BCUT2D eigenvalue weighted by Crippen LogP contribution is 2.78. The van der Waals surface area contributed by atoms with Gasteiger partial charge in [0.05, 0.1) is 0 Å². The number of unbranched alkanes of at least 4 members (excludes halogenated alkanes) is 1. The third-order valence-electron chi connectivity index (χ3n) is 3.74. The lowest BCUT2D eigenvalue weighted by atomic mass is 10.1. The van der Waals surface area contributed by atoms with Crippen molar-refractivity contribution in [3.8, 4) is 0 Å². The summed E-state index contributed by atoms with van der Waals surface area (Å²) in [7, 11) is -11.3. The fraction of sp³-hybridized carbons (Fsp3) is 0.467. The zero-order chi connectivity index (χ0) is 20.0. The van der Waals surface area contributed by atoms with E-state index in [1.807, 2.05) is 0 Å². The minimum atomic E-state index is -6.46. The minimum absolute atomic E-state index is 0.0198. The van der Waals surface area contributed by atoms with Gasteiger partial charge < -0.3 is 0 Å². The molecule has 2 rings (SSSR count). The SMILES string of the molecule is CCCCC1=Cc2ccc(C)cc2S1(OS(=O)(=O)C(F)(F)F)C(F)(F)F. The molecule has 1 heterocycles. The molecule has 148 valence electrons. The maximum absolute atomic E-state index is 14.1. The third-order valence-corrected chi connectivity index (χ3v) is 8.53. The Hall–Kier alpha value is -1.20. The van der Waals surface area contributed by atoms with Crippen molar-refractivity contribution < 1.29 is 38.4 Å². The molecule has 3 nitrogen and oxygen atoms in total. The van der Waals surface area contributed by atoms with Gasteiger partial charge in [0, 0.05) is 20.1 Å². The molecule has 0 spiro atoms. The van der Waals surface area contributed by atoms with Gasteiger partial charge in [-0.1, -0.05) is 25.5 Å². The molecule has 0 saturated carbocycles. The van der Waals surface area contributed by atoms with Crippen molar-refractivity contribution in [2.45, 2.75) is 49.0 Å². The maximum atomic E-state index is 14.1. The highest BCUT2D eigenvalue weighted by molar-refractivity contribution is 8.37. The van der Waals surface area contributed by atoms with Crippen molar-refractivity contribution in [1.82, 2.24) is 0 Å². The van der Waals surface area contributed by atoms with Crippen molar-refractivity contribution in [3.63, 3.8) is 0 Å². The van der Waals surface area contributed by atoms with Crippen LogP contribution in [0.3, 0.4) is 0 Å². The van der Waals surface area contributed by atoms with Crippen molar-refractivity contribution >= 4 is 26.5 Å². The highest BCUT2D eigenvalue weighted by Gasteiger charge is 2.63. The second-order valence-corrected chi connectivity index (χ2v) is 10.2. The number of hydrogen-bond donors (Lipinski definition) is 0. The molecule has 0 saturated heterocycles. The van der Waals surface area contributed by atoms with Gasteiger partial charge in [-0.05, 0) is 43.0 Å². The standard InChI is InChI=1S/C15H16F6O3S2/c1-3-4-5-12-9-11-7-6-10(2)8-13(11)25(12,14(16,17)18)24-26(22,23)15(19,20)21/h6-9H,3-5H2,1-2H3. The van der Waals surface area contributed by atoms with E-state index in [9.17, 15) is 34.8 Å². The van der Waals surface area contributed by atoms with Gasteiger partial charge in [0.15, 0.2) is 0 Å². The van der Waals surface area contributed by atoms with Gasteiger partial charge in [0.2, 0.25) is 0 Å². The van der Waals surface area contributed by atoms with E-state index in [0.29, 0.717) is 12.0 Å². The average Bonchev–Trinajstić information content (AvgIpc) is 2.77. The lowest BCUT2D eigenvalue weighted by molar-refractivity contribution is -0.0546. The van der Waals surface area contributed by atoms with Crippen LogP contribution in [-0.2, 0) is 13.7 Å². The first-order chi connectivity index (χ1) is 11.8. The smallest absolute Gasteiger partial charge is 0.196 e. The average molecular weight is 422 g/mol. The molecule has 0 amide bonds. The van der Waals surface area contributed by atoms with E-state index in [-0.39, 0.29) is 18.4 Å². The summed E-state index contributed by atoms with van der Waals surface area (Å²) in [5, 5.41) is 0. The Morgan fingerprint density at radius 2 is 1.73 bits per heavy atom. The Labute approximate surface area is 148 Å². The van der Waals surface area contributed by atoms with Crippen molar-refractivity contribution in [2.75, 3.05) is 0 Å². The summed E-state index contributed by atoms with van der Waals surface area (Å²) < 4.78 is 108. The second-order valence-electron chi connectivity index (χ2n) is 5.73. The maximum Gasteiger partial charge on any atom is 0.523 e. The first-order valence-electron chi connectivity index (χ1n) is 7.49. The lowest BCUT2D eigenvalue weighted by Crippen LogP contribution is -2.32. The molecule has 0 N–H and O–H groups in total. The first-order valence-corrected chi connectivity index (χ1v) is 10.5. The molecule has 1 unspecified atom stereocenters. The number of alkyl halides is 6. The molecular weight excluding hydrogens is 406 g/mol. The summed E-state index contributed by atoms with van der Waals surface area (Å²) in [4.78, 5) is -1.04. The number of rotatable bonds is 5. The fourth-order valence-corrected chi connectivity index (χ4v) is 7.24.